The van der Waals surface area contributed by atoms with E-state index in [-0.39, 0.29) is 11.3 Å². The molecule has 1 amide bonds. The first-order chi connectivity index (χ1) is 9.88. The van der Waals surface area contributed by atoms with Gasteiger partial charge < -0.3 is 10.4 Å². The average Bonchev–Trinajstić information content (AvgIpc) is 2.37. The Balaban J connectivity index is 2.36. The van der Waals surface area contributed by atoms with Crippen molar-refractivity contribution < 1.29 is 19.1 Å². The number of nitrogens with one attached hydrogen (secondary N) is 1. The van der Waals surface area contributed by atoms with Crippen molar-refractivity contribution >= 4 is 29.2 Å². The highest BCUT2D eigenvalue weighted by molar-refractivity contribution is 6.31. The summed E-state index contributed by atoms with van der Waals surface area (Å²) in [6.07, 6.45) is 0. The molecule has 0 spiro atoms. The summed E-state index contributed by atoms with van der Waals surface area (Å²) in [6.45, 7) is 1.77. The fourth-order valence-corrected chi connectivity index (χ4v) is 2.20. The van der Waals surface area contributed by atoms with Crippen molar-refractivity contribution in [2.75, 3.05) is 5.32 Å². The summed E-state index contributed by atoms with van der Waals surface area (Å²) >= 11 is 5.87. The molecule has 6 heteroatoms. The minimum Gasteiger partial charge on any atom is -0.478 e. The summed E-state index contributed by atoms with van der Waals surface area (Å²) < 4.78 is 13.5. The van der Waals surface area contributed by atoms with Crippen LogP contribution in [0.3, 0.4) is 0 Å². The number of carboxylic acids is 1. The molecular formula is C15H11ClFNO3. The minimum absolute atomic E-state index is 0.106. The lowest BCUT2D eigenvalue weighted by Gasteiger charge is -2.10. The molecule has 0 atom stereocenters. The number of amides is 1. The zero-order valence-corrected chi connectivity index (χ0v) is 11.7. The van der Waals surface area contributed by atoms with Gasteiger partial charge >= 0.3 is 5.97 Å². The maximum absolute atomic E-state index is 13.5. The van der Waals surface area contributed by atoms with Gasteiger partial charge in [0.2, 0.25) is 0 Å². The van der Waals surface area contributed by atoms with Crippen LogP contribution in [0.25, 0.3) is 0 Å². The maximum Gasteiger partial charge on any atom is 0.340 e. The summed E-state index contributed by atoms with van der Waals surface area (Å²) in [5.74, 6) is -2.93. The van der Waals surface area contributed by atoms with Crippen LogP contribution in [0.2, 0.25) is 5.02 Å². The lowest BCUT2D eigenvalue weighted by Crippen LogP contribution is -2.16. The van der Waals surface area contributed by atoms with Gasteiger partial charge in [-0.1, -0.05) is 17.7 Å². The third-order valence-corrected chi connectivity index (χ3v) is 3.00. The number of carbonyl (C=O) groups is 2. The van der Waals surface area contributed by atoms with E-state index in [1.165, 1.54) is 18.2 Å². The van der Waals surface area contributed by atoms with E-state index in [1.54, 1.807) is 19.1 Å². The summed E-state index contributed by atoms with van der Waals surface area (Å²) in [6, 6.07) is 8.39. The molecule has 4 nitrogen and oxygen atoms in total. The Morgan fingerprint density at radius 3 is 2.57 bits per heavy atom. The lowest BCUT2D eigenvalue weighted by molar-refractivity contribution is 0.0693. The molecule has 2 aromatic rings. The molecule has 0 radical (unpaired) electrons. The Bertz CT molecular complexity index is 711. The zero-order valence-electron chi connectivity index (χ0n) is 11.0. The normalized spacial score (nSPS) is 10.2. The maximum atomic E-state index is 13.5. The molecule has 0 saturated heterocycles. The third-order valence-electron chi connectivity index (χ3n) is 2.78. The molecule has 2 rings (SSSR count). The lowest BCUT2D eigenvalue weighted by atomic mass is 10.1. The first kappa shape index (κ1) is 15.0. The van der Waals surface area contributed by atoms with Gasteiger partial charge in [-0.2, -0.15) is 0 Å². The van der Waals surface area contributed by atoms with Crippen LogP contribution < -0.4 is 5.32 Å². The van der Waals surface area contributed by atoms with Crippen LogP contribution in [-0.4, -0.2) is 17.0 Å². The van der Waals surface area contributed by atoms with Crippen molar-refractivity contribution in [3.05, 3.63) is 63.9 Å². The van der Waals surface area contributed by atoms with E-state index in [0.717, 1.165) is 11.6 Å². The zero-order chi connectivity index (χ0) is 15.6. The summed E-state index contributed by atoms with van der Waals surface area (Å²) in [4.78, 5) is 23.2. The van der Waals surface area contributed by atoms with Crippen molar-refractivity contribution in [2.45, 2.75) is 6.92 Å². The highest BCUT2D eigenvalue weighted by atomic mass is 35.5. The van der Waals surface area contributed by atoms with Crippen LogP contribution in [0.1, 0.15) is 26.3 Å². The number of carbonyl (C=O) groups excluding carboxylic acids is 1. The molecule has 21 heavy (non-hydrogen) atoms. The highest BCUT2D eigenvalue weighted by Gasteiger charge is 2.18. The van der Waals surface area contributed by atoms with Gasteiger partial charge in [0, 0.05) is 10.6 Å². The van der Waals surface area contributed by atoms with Crippen LogP contribution >= 0.6 is 11.6 Å². The first-order valence-electron chi connectivity index (χ1n) is 5.99. The van der Waals surface area contributed by atoms with Crippen LogP contribution in [0, 0.1) is 12.7 Å². The summed E-state index contributed by atoms with van der Waals surface area (Å²) in [7, 11) is 0. The predicted molar refractivity (Wildman–Crippen MR) is 77.5 cm³/mol. The second kappa shape index (κ2) is 5.93. The smallest absolute Gasteiger partial charge is 0.340 e. The number of aromatic carboxylic acids is 1. The van der Waals surface area contributed by atoms with E-state index >= 15 is 0 Å². The average molecular weight is 308 g/mol. The molecule has 0 aliphatic rings. The van der Waals surface area contributed by atoms with E-state index in [1.807, 2.05) is 0 Å². The number of hydrogen-bond donors (Lipinski definition) is 2. The topological polar surface area (TPSA) is 66.4 Å². The van der Waals surface area contributed by atoms with Gasteiger partial charge in [-0.25, -0.2) is 9.18 Å². The monoisotopic (exact) mass is 307 g/mol. The number of anilines is 1. The number of aryl methyl sites for hydroxylation is 1. The standard InChI is InChI=1S/C15H11ClFNO3/c1-8-5-9(7-10(16)6-8)14(19)18-12-4-2-3-11(17)13(12)15(20)21/h2-7H,1H3,(H,18,19)(H,20,21). The fraction of sp³-hybridized carbons (Fsp3) is 0.0667. The molecule has 2 aromatic carbocycles. The van der Waals surface area contributed by atoms with Crippen LogP contribution in [0.15, 0.2) is 36.4 Å². The Hall–Kier alpha value is -2.40. The summed E-state index contributed by atoms with van der Waals surface area (Å²) in [5, 5.41) is 11.8. The first-order valence-corrected chi connectivity index (χ1v) is 6.36. The van der Waals surface area contributed by atoms with Gasteiger partial charge in [0.25, 0.3) is 5.91 Å². The van der Waals surface area contributed by atoms with Gasteiger partial charge in [0.1, 0.15) is 11.4 Å². The molecule has 0 aliphatic carbocycles. The van der Waals surface area contributed by atoms with Gasteiger partial charge in [0.05, 0.1) is 5.69 Å². The third kappa shape index (κ3) is 3.38. The number of hydrogen-bond acceptors (Lipinski definition) is 2. The molecule has 108 valence electrons. The van der Waals surface area contributed by atoms with Crippen molar-refractivity contribution in [3.63, 3.8) is 0 Å². The van der Waals surface area contributed by atoms with Crippen LogP contribution in [0.5, 0.6) is 0 Å². The molecule has 0 bridgehead atoms. The molecule has 0 unspecified atom stereocenters. The van der Waals surface area contributed by atoms with Crippen molar-refractivity contribution in [1.82, 2.24) is 0 Å². The van der Waals surface area contributed by atoms with E-state index in [4.69, 9.17) is 16.7 Å². The molecule has 0 aliphatic heterocycles. The van der Waals surface area contributed by atoms with E-state index in [2.05, 4.69) is 5.32 Å². The Morgan fingerprint density at radius 2 is 1.95 bits per heavy atom. The molecular weight excluding hydrogens is 297 g/mol. The number of halogens is 2. The second-order valence-electron chi connectivity index (χ2n) is 4.44. The molecule has 0 fully saturated rings. The fourth-order valence-electron chi connectivity index (χ4n) is 1.91. The molecule has 2 N–H and O–H groups in total. The van der Waals surface area contributed by atoms with E-state index in [0.29, 0.717) is 5.02 Å². The highest BCUT2D eigenvalue weighted by Crippen LogP contribution is 2.21. The number of rotatable bonds is 3. The van der Waals surface area contributed by atoms with Crippen LogP contribution in [-0.2, 0) is 0 Å². The molecule has 0 heterocycles. The minimum atomic E-state index is -1.45. The second-order valence-corrected chi connectivity index (χ2v) is 4.88. The molecule has 0 saturated carbocycles. The number of benzene rings is 2. The summed E-state index contributed by atoms with van der Waals surface area (Å²) in [5.41, 5.74) is 0.362. The van der Waals surface area contributed by atoms with Crippen molar-refractivity contribution in [3.8, 4) is 0 Å². The molecule has 0 aromatic heterocycles. The Morgan fingerprint density at radius 1 is 1.24 bits per heavy atom. The quantitative estimate of drug-likeness (QED) is 0.907. The number of carboxylic acid groups (broad SMARTS) is 1. The predicted octanol–water partition coefficient (Wildman–Crippen LogP) is 3.74. The Kier molecular flexibility index (Phi) is 4.23. The van der Waals surface area contributed by atoms with Crippen molar-refractivity contribution in [2.24, 2.45) is 0 Å². The van der Waals surface area contributed by atoms with Gasteiger partial charge in [-0.3, -0.25) is 4.79 Å². The van der Waals surface area contributed by atoms with Gasteiger partial charge in [-0.05, 0) is 42.8 Å². The van der Waals surface area contributed by atoms with E-state index in [9.17, 15) is 14.0 Å². The van der Waals surface area contributed by atoms with Crippen LogP contribution in [0.4, 0.5) is 10.1 Å². The SMILES string of the molecule is Cc1cc(Cl)cc(C(=O)Nc2cccc(F)c2C(=O)O)c1. The van der Waals surface area contributed by atoms with Crippen molar-refractivity contribution in [1.29, 1.82) is 0 Å². The van der Waals surface area contributed by atoms with E-state index < -0.39 is 23.3 Å². The van der Waals surface area contributed by atoms with Gasteiger partial charge in [-0.15, -0.1) is 0 Å². The van der Waals surface area contributed by atoms with Gasteiger partial charge in [0.15, 0.2) is 0 Å². The Labute approximate surface area is 125 Å². The largest absolute Gasteiger partial charge is 0.478 e.